The van der Waals surface area contributed by atoms with Gasteiger partial charge in [-0.3, -0.25) is 0 Å². The first kappa shape index (κ1) is 19.7. The minimum absolute atomic E-state index is 0.0289. The van der Waals surface area contributed by atoms with E-state index >= 15 is 0 Å². The molecular formula is C21H28N2O3S. The van der Waals surface area contributed by atoms with Crippen LogP contribution in [0.4, 0.5) is 4.79 Å². The highest BCUT2D eigenvalue weighted by Gasteiger charge is 2.24. The highest BCUT2D eigenvalue weighted by molar-refractivity contribution is 7.09. The second kappa shape index (κ2) is 9.76. The van der Waals surface area contributed by atoms with Crippen molar-refractivity contribution in [1.29, 1.82) is 0 Å². The summed E-state index contributed by atoms with van der Waals surface area (Å²) < 4.78 is 11.0. The van der Waals surface area contributed by atoms with Crippen LogP contribution in [0, 0.1) is 0 Å². The van der Waals surface area contributed by atoms with Gasteiger partial charge in [0.25, 0.3) is 0 Å². The second-order valence-electron chi connectivity index (χ2n) is 6.78. The normalized spacial score (nSPS) is 17.5. The van der Waals surface area contributed by atoms with Crippen molar-refractivity contribution >= 4 is 17.4 Å². The number of carbonyl (C=O) groups excluding carboxylic acids is 1. The van der Waals surface area contributed by atoms with E-state index in [0.717, 1.165) is 37.2 Å². The number of hydrogen-bond donors (Lipinski definition) is 1. The summed E-state index contributed by atoms with van der Waals surface area (Å²) in [6.45, 7) is 4.12. The predicted molar refractivity (Wildman–Crippen MR) is 108 cm³/mol. The zero-order valence-electron chi connectivity index (χ0n) is 16.0. The van der Waals surface area contributed by atoms with Gasteiger partial charge in [-0.05, 0) is 48.4 Å². The second-order valence-corrected chi connectivity index (χ2v) is 7.81. The molecule has 1 aliphatic rings. The summed E-state index contributed by atoms with van der Waals surface area (Å²) >= 11 is 1.68. The molecule has 6 heteroatoms. The number of amides is 2. The molecule has 146 valence electrons. The van der Waals surface area contributed by atoms with Crippen molar-refractivity contribution in [3.05, 3.63) is 52.2 Å². The lowest BCUT2D eigenvalue weighted by Gasteiger charge is -2.28. The van der Waals surface area contributed by atoms with Gasteiger partial charge in [0.15, 0.2) is 0 Å². The lowest BCUT2D eigenvalue weighted by molar-refractivity contribution is 0.0791. The first-order chi connectivity index (χ1) is 13.2. The smallest absolute Gasteiger partial charge is 0.318 e. The van der Waals surface area contributed by atoms with E-state index in [4.69, 9.17) is 9.47 Å². The van der Waals surface area contributed by atoms with E-state index < -0.39 is 0 Å². The summed E-state index contributed by atoms with van der Waals surface area (Å²) in [6, 6.07) is 11.9. The van der Waals surface area contributed by atoms with Crippen LogP contribution in [-0.4, -0.2) is 37.3 Å². The number of nitrogens with zero attached hydrogens (tertiary/aromatic N) is 1. The molecule has 1 aromatic heterocycles. The molecule has 0 radical (unpaired) electrons. The van der Waals surface area contributed by atoms with Gasteiger partial charge in [0.1, 0.15) is 5.75 Å². The SMILES string of the molecule is CCC(NC(=O)N(Cc1cccs1)CC1CCCO1)c1ccc(OC)cc1. The highest BCUT2D eigenvalue weighted by atomic mass is 32.1. The molecule has 0 aliphatic carbocycles. The van der Waals surface area contributed by atoms with Crippen LogP contribution in [0.15, 0.2) is 41.8 Å². The van der Waals surface area contributed by atoms with Crippen LogP contribution in [-0.2, 0) is 11.3 Å². The van der Waals surface area contributed by atoms with Crippen molar-refractivity contribution in [3.8, 4) is 5.75 Å². The molecule has 2 atom stereocenters. The van der Waals surface area contributed by atoms with Crippen molar-refractivity contribution < 1.29 is 14.3 Å². The molecule has 5 nitrogen and oxygen atoms in total. The monoisotopic (exact) mass is 388 g/mol. The quantitative estimate of drug-likeness (QED) is 0.719. The number of methoxy groups -OCH3 is 1. The number of ether oxygens (including phenoxy) is 2. The molecule has 0 bridgehead atoms. The summed E-state index contributed by atoms with van der Waals surface area (Å²) in [5.41, 5.74) is 1.08. The van der Waals surface area contributed by atoms with Crippen molar-refractivity contribution in [3.63, 3.8) is 0 Å². The van der Waals surface area contributed by atoms with Crippen LogP contribution in [0.3, 0.4) is 0 Å². The molecule has 1 fully saturated rings. The first-order valence-electron chi connectivity index (χ1n) is 9.53. The third-order valence-electron chi connectivity index (χ3n) is 4.89. The fourth-order valence-electron chi connectivity index (χ4n) is 3.34. The van der Waals surface area contributed by atoms with E-state index in [1.807, 2.05) is 40.6 Å². The summed E-state index contributed by atoms with van der Waals surface area (Å²) in [6.07, 6.45) is 3.05. The number of urea groups is 1. The minimum Gasteiger partial charge on any atom is -0.497 e. The molecule has 1 N–H and O–H groups in total. The van der Waals surface area contributed by atoms with E-state index in [2.05, 4.69) is 18.3 Å². The molecule has 2 heterocycles. The van der Waals surface area contributed by atoms with Crippen LogP contribution in [0.25, 0.3) is 0 Å². The first-order valence-corrected chi connectivity index (χ1v) is 10.4. The molecule has 2 amide bonds. The molecule has 0 saturated carbocycles. The number of rotatable bonds is 8. The van der Waals surface area contributed by atoms with Gasteiger partial charge in [0, 0.05) is 18.0 Å². The van der Waals surface area contributed by atoms with Crippen LogP contribution in [0.1, 0.15) is 42.7 Å². The maximum absolute atomic E-state index is 13.1. The molecule has 0 spiro atoms. The van der Waals surface area contributed by atoms with E-state index in [0.29, 0.717) is 13.1 Å². The summed E-state index contributed by atoms with van der Waals surface area (Å²) in [4.78, 5) is 16.1. The lowest BCUT2D eigenvalue weighted by Crippen LogP contribution is -2.44. The lowest BCUT2D eigenvalue weighted by atomic mass is 10.0. The predicted octanol–water partition coefficient (Wildman–Crippen LogP) is 4.60. The van der Waals surface area contributed by atoms with Gasteiger partial charge in [-0.1, -0.05) is 25.1 Å². The Morgan fingerprint density at radius 3 is 2.78 bits per heavy atom. The zero-order valence-corrected chi connectivity index (χ0v) is 16.8. The highest BCUT2D eigenvalue weighted by Crippen LogP contribution is 2.22. The van der Waals surface area contributed by atoms with E-state index in [1.54, 1.807) is 18.4 Å². The van der Waals surface area contributed by atoms with Gasteiger partial charge in [-0.15, -0.1) is 11.3 Å². The summed E-state index contributed by atoms with van der Waals surface area (Å²) in [5.74, 6) is 0.817. The van der Waals surface area contributed by atoms with Gasteiger partial charge in [0.05, 0.1) is 25.8 Å². The van der Waals surface area contributed by atoms with Gasteiger partial charge in [-0.2, -0.15) is 0 Å². The van der Waals surface area contributed by atoms with Gasteiger partial charge in [-0.25, -0.2) is 4.79 Å². The fraction of sp³-hybridized carbons (Fsp3) is 0.476. The third kappa shape index (κ3) is 5.47. The van der Waals surface area contributed by atoms with Gasteiger partial charge >= 0.3 is 6.03 Å². The summed E-state index contributed by atoms with van der Waals surface area (Å²) in [5, 5.41) is 5.25. The minimum atomic E-state index is -0.0402. The number of benzene rings is 1. The van der Waals surface area contributed by atoms with Crippen LogP contribution < -0.4 is 10.1 Å². The number of nitrogens with one attached hydrogen (secondary N) is 1. The molecule has 1 saturated heterocycles. The molecule has 1 aliphatic heterocycles. The van der Waals surface area contributed by atoms with Gasteiger partial charge in [0.2, 0.25) is 0 Å². The molecular weight excluding hydrogens is 360 g/mol. The maximum atomic E-state index is 13.1. The van der Waals surface area contributed by atoms with E-state index in [1.165, 1.54) is 4.88 Å². The average molecular weight is 389 g/mol. The van der Waals surface area contributed by atoms with Crippen LogP contribution in [0.2, 0.25) is 0 Å². The maximum Gasteiger partial charge on any atom is 0.318 e. The van der Waals surface area contributed by atoms with Crippen molar-refractivity contribution in [1.82, 2.24) is 10.2 Å². The Balaban J connectivity index is 1.68. The third-order valence-corrected chi connectivity index (χ3v) is 5.75. The Morgan fingerprint density at radius 2 is 2.19 bits per heavy atom. The molecule has 1 aromatic carbocycles. The van der Waals surface area contributed by atoms with Crippen LogP contribution in [0.5, 0.6) is 5.75 Å². The van der Waals surface area contributed by atoms with Crippen LogP contribution >= 0.6 is 11.3 Å². The number of carbonyl (C=O) groups is 1. The fourth-order valence-corrected chi connectivity index (χ4v) is 4.06. The molecule has 2 unspecified atom stereocenters. The Bertz CT molecular complexity index is 697. The molecule has 2 aromatic rings. The average Bonchev–Trinajstić information content (AvgIpc) is 3.40. The van der Waals surface area contributed by atoms with Gasteiger partial charge < -0.3 is 19.7 Å². The van der Waals surface area contributed by atoms with Crippen molar-refractivity contribution in [2.45, 2.75) is 44.9 Å². The van der Waals surface area contributed by atoms with Crippen molar-refractivity contribution in [2.24, 2.45) is 0 Å². The molecule has 3 rings (SSSR count). The number of hydrogen-bond acceptors (Lipinski definition) is 4. The molecule has 27 heavy (non-hydrogen) atoms. The largest absolute Gasteiger partial charge is 0.497 e. The Kier molecular flexibility index (Phi) is 7.12. The van der Waals surface area contributed by atoms with E-state index in [9.17, 15) is 4.79 Å². The topological polar surface area (TPSA) is 50.8 Å². The Morgan fingerprint density at radius 1 is 1.37 bits per heavy atom. The van der Waals surface area contributed by atoms with Crippen molar-refractivity contribution in [2.75, 3.05) is 20.3 Å². The summed E-state index contributed by atoms with van der Waals surface area (Å²) in [7, 11) is 1.65. The standard InChI is InChI=1S/C21H28N2O3S/c1-3-20(16-8-10-17(25-2)11-9-16)22-21(24)23(14-18-6-4-12-26-18)15-19-7-5-13-27-19/h5,7-11,13,18,20H,3-4,6,12,14-15H2,1-2H3,(H,22,24). The zero-order chi connectivity index (χ0) is 19.1. The number of thiophene rings is 1. The Labute approximate surface area is 165 Å². The Hall–Kier alpha value is -2.05. The van der Waals surface area contributed by atoms with E-state index in [-0.39, 0.29) is 18.2 Å².